The summed E-state index contributed by atoms with van der Waals surface area (Å²) in [6.45, 7) is 0. The normalized spacial score (nSPS) is 10.7. The first-order valence-electron chi connectivity index (χ1n) is 6.72. The van der Waals surface area contributed by atoms with E-state index in [2.05, 4.69) is 9.97 Å². The van der Waals surface area contributed by atoms with Gasteiger partial charge in [-0.2, -0.15) is 0 Å². The zero-order valence-electron chi connectivity index (χ0n) is 12.6. The number of fused-ring (bicyclic) bond motifs is 1. The van der Waals surface area contributed by atoms with E-state index in [1.807, 2.05) is 30.3 Å². The average Bonchev–Trinajstić information content (AvgIpc) is 2.95. The van der Waals surface area contributed by atoms with Gasteiger partial charge < -0.3 is 24.9 Å². The summed E-state index contributed by atoms with van der Waals surface area (Å²) in [7, 11) is 4.74. The second kappa shape index (κ2) is 5.48. The molecule has 0 unspecified atom stereocenters. The van der Waals surface area contributed by atoms with Crippen molar-refractivity contribution >= 4 is 16.7 Å². The summed E-state index contributed by atoms with van der Waals surface area (Å²) >= 11 is 0. The van der Waals surface area contributed by atoms with Crippen LogP contribution in [0.15, 0.2) is 30.3 Å². The Morgan fingerprint density at radius 1 is 0.955 bits per heavy atom. The Bertz CT molecular complexity index is 827. The van der Waals surface area contributed by atoms with Crippen molar-refractivity contribution in [1.82, 2.24) is 9.97 Å². The van der Waals surface area contributed by atoms with Crippen LogP contribution in [0.4, 0.5) is 5.69 Å². The highest BCUT2D eigenvalue weighted by atomic mass is 16.5. The van der Waals surface area contributed by atoms with Gasteiger partial charge in [0.15, 0.2) is 11.5 Å². The molecule has 6 heteroatoms. The number of nitrogen functional groups attached to an aromatic ring is 1. The van der Waals surface area contributed by atoms with E-state index in [9.17, 15) is 0 Å². The molecule has 1 aromatic heterocycles. The third-order valence-corrected chi connectivity index (χ3v) is 3.47. The molecular formula is C16H17N3O3. The Kier molecular flexibility index (Phi) is 3.50. The van der Waals surface area contributed by atoms with Crippen molar-refractivity contribution in [1.29, 1.82) is 0 Å². The molecule has 0 atom stereocenters. The quantitative estimate of drug-likeness (QED) is 0.724. The van der Waals surface area contributed by atoms with Crippen molar-refractivity contribution in [2.45, 2.75) is 0 Å². The molecule has 0 bridgehead atoms. The van der Waals surface area contributed by atoms with E-state index in [0.717, 1.165) is 16.6 Å². The third kappa shape index (κ3) is 2.18. The first kappa shape index (κ1) is 14.1. The molecule has 0 saturated heterocycles. The number of aromatic nitrogens is 2. The van der Waals surface area contributed by atoms with E-state index in [4.69, 9.17) is 19.9 Å². The molecule has 0 amide bonds. The number of H-pyrrole nitrogens is 1. The molecule has 3 aromatic rings. The predicted molar refractivity (Wildman–Crippen MR) is 85.6 cm³/mol. The zero-order chi connectivity index (χ0) is 15.7. The third-order valence-electron chi connectivity index (χ3n) is 3.47. The molecule has 0 aliphatic heterocycles. The standard InChI is InChI=1S/C16H17N3O3/c1-20-13-7-5-10(14(21-2)15(13)22-3)16-18-11-6-4-9(17)8-12(11)19-16/h4-8H,17H2,1-3H3,(H,18,19). The number of nitrogens with two attached hydrogens (primary N) is 1. The minimum atomic E-state index is 0.530. The van der Waals surface area contributed by atoms with Crippen LogP contribution in [0.25, 0.3) is 22.4 Å². The van der Waals surface area contributed by atoms with Gasteiger partial charge in [-0.15, -0.1) is 0 Å². The molecule has 3 rings (SSSR count). The molecule has 6 nitrogen and oxygen atoms in total. The highest BCUT2D eigenvalue weighted by molar-refractivity contribution is 5.84. The lowest BCUT2D eigenvalue weighted by Gasteiger charge is -2.14. The summed E-state index contributed by atoms with van der Waals surface area (Å²) in [5, 5.41) is 0. The van der Waals surface area contributed by atoms with Gasteiger partial charge in [-0.25, -0.2) is 4.98 Å². The number of imidazole rings is 1. The van der Waals surface area contributed by atoms with Crippen LogP contribution in [0.5, 0.6) is 17.2 Å². The largest absolute Gasteiger partial charge is 0.493 e. The van der Waals surface area contributed by atoms with E-state index >= 15 is 0 Å². The van der Waals surface area contributed by atoms with Crippen molar-refractivity contribution in [3.63, 3.8) is 0 Å². The second-order valence-electron chi connectivity index (χ2n) is 4.74. The van der Waals surface area contributed by atoms with E-state index in [1.54, 1.807) is 21.3 Å². The smallest absolute Gasteiger partial charge is 0.204 e. The van der Waals surface area contributed by atoms with Crippen molar-refractivity contribution in [2.24, 2.45) is 0 Å². The van der Waals surface area contributed by atoms with Gasteiger partial charge in [0, 0.05) is 5.69 Å². The van der Waals surface area contributed by atoms with Crippen LogP contribution >= 0.6 is 0 Å². The number of methoxy groups -OCH3 is 3. The SMILES string of the molecule is COc1ccc(-c2nc3cc(N)ccc3[nH]2)c(OC)c1OC. The lowest BCUT2D eigenvalue weighted by atomic mass is 10.1. The summed E-state index contributed by atoms with van der Waals surface area (Å²) in [4.78, 5) is 7.83. The molecule has 0 spiro atoms. The van der Waals surface area contributed by atoms with Crippen LogP contribution in [0.2, 0.25) is 0 Å². The minimum absolute atomic E-state index is 0.530. The Balaban J connectivity index is 2.21. The number of hydrogen-bond donors (Lipinski definition) is 2. The monoisotopic (exact) mass is 299 g/mol. The van der Waals surface area contributed by atoms with Crippen molar-refractivity contribution < 1.29 is 14.2 Å². The molecule has 0 aliphatic carbocycles. The van der Waals surface area contributed by atoms with Crippen LogP contribution in [0.1, 0.15) is 0 Å². The van der Waals surface area contributed by atoms with E-state index in [1.165, 1.54) is 0 Å². The maximum Gasteiger partial charge on any atom is 0.204 e. The summed E-state index contributed by atoms with van der Waals surface area (Å²) in [5.41, 5.74) is 8.96. The van der Waals surface area contributed by atoms with Crippen LogP contribution in [-0.4, -0.2) is 31.3 Å². The lowest BCUT2D eigenvalue weighted by Crippen LogP contribution is -1.97. The number of ether oxygens (including phenoxy) is 3. The molecule has 3 N–H and O–H groups in total. The number of nitrogens with zero attached hydrogens (tertiary/aromatic N) is 1. The van der Waals surface area contributed by atoms with Gasteiger partial charge in [-0.3, -0.25) is 0 Å². The number of anilines is 1. The highest BCUT2D eigenvalue weighted by Crippen LogP contribution is 2.43. The fourth-order valence-electron chi connectivity index (χ4n) is 2.44. The van der Waals surface area contributed by atoms with E-state index < -0.39 is 0 Å². The Morgan fingerprint density at radius 2 is 1.73 bits per heavy atom. The van der Waals surface area contributed by atoms with E-state index in [-0.39, 0.29) is 0 Å². The number of nitrogens with one attached hydrogen (secondary N) is 1. The van der Waals surface area contributed by atoms with Crippen LogP contribution in [0, 0.1) is 0 Å². The molecule has 1 heterocycles. The van der Waals surface area contributed by atoms with Gasteiger partial charge in [0.05, 0.1) is 37.9 Å². The summed E-state index contributed by atoms with van der Waals surface area (Å²) in [5.74, 6) is 2.37. The molecule has 0 radical (unpaired) electrons. The summed E-state index contributed by atoms with van der Waals surface area (Å²) < 4.78 is 16.2. The van der Waals surface area contributed by atoms with Gasteiger partial charge >= 0.3 is 0 Å². The fraction of sp³-hybridized carbons (Fsp3) is 0.188. The first-order valence-corrected chi connectivity index (χ1v) is 6.72. The minimum Gasteiger partial charge on any atom is -0.493 e. The second-order valence-corrected chi connectivity index (χ2v) is 4.74. The van der Waals surface area contributed by atoms with Crippen molar-refractivity contribution in [3.8, 4) is 28.6 Å². The van der Waals surface area contributed by atoms with Gasteiger partial charge in [0.1, 0.15) is 5.82 Å². The molecule has 0 aliphatic rings. The lowest BCUT2D eigenvalue weighted by molar-refractivity contribution is 0.325. The average molecular weight is 299 g/mol. The number of hydrogen-bond acceptors (Lipinski definition) is 5. The first-order chi connectivity index (χ1) is 10.7. The molecule has 0 saturated carbocycles. The van der Waals surface area contributed by atoms with E-state index in [0.29, 0.717) is 28.8 Å². The number of aromatic amines is 1. The molecule has 114 valence electrons. The van der Waals surface area contributed by atoms with Crippen molar-refractivity contribution in [2.75, 3.05) is 27.1 Å². The molecular weight excluding hydrogens is 282 g/mol. The number of benzene rings is 2. The Hall–Kier alpha value is -2.89. The topological polar surface area (TPSA) is 82.4 Å². The Morgan fingerprint density at radius 3 is 2.41 bits per heavy atom. The fourth-order valence-corrected chi connectivity index (χ4v) is 2.44. The van der Waals surface area contributed by atoms with Gasteiger partial charge in [-0.05, 0) is 30.3 Å². The zero-order valence-corrected chi connectivity index (χ0v) is 12.6. The van der Waals surface area contributed by atoms with Crippen LogP contribution in [0.3, 0.4) is 0 Å². The van der Waals surface area contributed by atoms with Crippen LogP contribution in [-0.2, 0) is 0 Å². The maximum atomic E-state index is 5.80. The molecule has 2 aromatic carbocycles. The van der Waals surface area contributed by atoms with Crippen LogP contribution < -0.4 is 19.9 Å². The summed E-state index contributed by atoms with van der Waals surface area (Å²) in [6.07, 6.45) is 0. The van der Waals surface area contributed by atoms with Gasteiger partial charge in [-0.1, -0.05) is 0 Å². The highest BCUT2D eigenvalue weighted by Gasteiger charge is 2.19. The molecule has 22 heavy (non-hydrogen) atoms. The van der Waals surface area contributed by atoms with Gasteiger partial charge in [0.25, 0.3) is 0 Å². The number of rotatable bonds is 4. The summed E-state index contributed by atoms with van der Waals surface area (Å²) in [6, 6.07) is 9.24. The predicted octanol–water partition coefficient (Wildman–Crippen LogP) is 2.84. The Labute approximate surface area is 127 Å². The van der Waals surface area contributed by atoms with Gasteiger partial charge in [0.2, 0.25) is 5.75 Å². The van der Waals surface area contributed by atoms with Crippen molar-refractivity contribution in [3.05, 3.63) is 30.3 Å². The maximum absolute atomic E-state index is 5.80. The molecule has 0 fully saturated rings.